The van der Waals surface area contributed by atoms with Gasteiger partial charge in [0.1, 0.15) is 0 Å². The van der Waals surface area contributed by atoms with E-state index < -0.39 is 20.4 Å². The fourth-order valence-corrected chi connectivity index (χ4v) is 7.90. The molecular formula is C23H19N3OSTe. The third-order valence-corrected chi connectivity index (χ3v) is 8.70. The van der Waals surface area contributed by atoms with E-state index in [1.807, 2.05) is 12.1 Å². The second-order valence-corrected chi connectivity index (χ2v) is 11.1. The van der Waals surface area contributed by atoms with Crippen molar-refractivity contribution in [1.82, 2.24) is 10.6 Å². The van der Waals surface area contributed by atoms with E-state index in [1.165, 1.54) is 29.8 Å². The number of nitrogens with zero attached hydrogens (tertiary/aromatic N) is 1. The number of fused-ring (bicyclic) bond motifs is 2. The molecule has 144 valence electrons. The van der Waals surface area contributed by atoms with E-state index in [9.17, 15) is 4.79 Å². The molecule has 4 nitrogen and oxygen atoms in total. The summed E-state index contributed by atoms with van der Waals surface area (Å²) in [6.45, 7) is 4.58. The third kappa shape index (κ3) is 3.03. The van der Waals surface area contributed by atoms with Crippen LogP contribution in [0.2, 0.25) is 0 Å². The molecule has 29 heavy (non-hydrogen) atoms. The number of hydrogen-bond acceptors (Lipinski definition) is 3. The van der Waals surface area contributed by atoms with Crippen molar-refractivity contribution in [1.29, 1.82) is 0 Å². The predicted molar refractivity (Wildman–Crippen MR) is 122 cm³/mol. The molecule has 1 saturated heterocycles. The van der Waals surface area contributed by atoms with Gasteiger partial charge in [-0.2, -0.15) is 0 Å². The summed E-state index contributed by atoms with van der Waals surface area (Å²) in [6.07, 6.45) is 1.97. The maximum atomic E-state index is 12.1. The molecule has 0 bridgehead atoms. The molecule has 3 heterocycles. The van der Waals surface area contributed by atoms with Crippen LogP contribution in [-0.4, -0.2) is 31.5 Å². The van der Waals surface area contributed by atoms with Crippen molar-refractivity contribution < 1.29 is 4.79 Å². The van der Waals surface area contributed by atoms with Gasteiger partial charge in [0.15, 0.2) is 0 Å². The van der Waals surface area contributed by atoms with Crippen molar-refractivity contribution in [3.8, 4) is 0 Å². The summed E-state index contributed by atoms with van der Waals surface area (Å²) in [6, 6.07) is 21.5. The van der Waals surface area contributed by atoms with Crippen LogP contribution in [0.5, 0.6) is 0 Å². The number of carbonyl (C=O) groups is 1. The molecular weight excluding hydrogens is 494 g/mol. The first-order chi connectivity index (χ1) is 13.9. The first-order valence-electron chi connectivity index (χ1n) is 9.38. The van der Waals surface area contributed by atoms with Crippen LogP contribution in [0.25, 0.3) is 6.08 Å². The maximum absolute atomic E-state index is 12.1. The van der Waals surface area contributed by atoms with Gasteiger partial charge in [0.05, 0.1) is 0 Å². The van der Waals surface area contributed by atoms with E-state index in [4.69, 9.17) is 12.2 Å². The topological polar surface area (TPSA) is 44.4 Å². The van der Waals surface area contributed by atoms with Crippen LogP contribution < -0.4 is 15.5 Å². The van der Waals surface area contributed by atoms with Crippen molar-refractivity contribution in [2.75, 3.05) is 4.90 Å². The van der Waals surface area contributed by atoms with Crippen molar-refractivity contribution in [2.24, 2.45) is 0 Å². The van der Waals surface area contributed by atoms with Crippen LogP contribution in [0.1, 0.15) is 28.6 Å². The van der Waals surface area contributed by atoms with Crippen LogP contribution in [0.4, 0.5) is 15.1 Å². The van der Waals surface area contributed by atoms with E-state index in [0.717, 1.165) is 0 Å². The van der Waals surface area contributed by atoms with Gasteiger partial charge in [-0.1, -0.05) is 0 Å². The van der Waals surface area contributed by atoms with E-state index in [2.05, 4.69) is 84.0 Å². The van der Waals surface area contributed by atoms with E-state index in [0.29, 0.717) is 10.8 Å². The molecule has 3 aromatic rings. The molecule has 1 aromatic heterocycles. The van der Waals surface area contributed by atoms with Crippen LogP contribution in [0, 0.1) is 0 Å². The SMILES string of the molecule is CC1(C)c2ccccc2N(c2ccccc2)c2[te]c(/C=C3/NC(=S)NC3=O)cc21. The first-order valence-corrected chi connectivity index (χ1v) is 12.1. The fourth-order valence-electron chi connectivity index (χ4n) is 3.99. The Balaban J connectivity index is 1.71. The van der Waals surface area contributed by atoms with E-state index in [-0.39, 0.29) is 11.3 Å². The molecule has 2 aliphatic heterocycles. The Hall–Kier alpha value is -2.39. The quantitative estimate of drug-likeness (QED) is 0.307. The van der Waals surface area contributed by atoms with E-state index in [1.54, 1.807) is 0 Å². The zero-order chi connectivity index (χ0) is 20.2. The molecule has 2 aromatic carbocycles. The molecule has 6 heteroatoms. The number of hydrogen-bond donors (Lipinski definition) is 2. The number of thiocarbonyl (C=S) groups is 1. The number of anilines is 3. The minimum atomic E-state index is -0.683. The van der Waals surface area contributed by atoms with Crippen molar-refractivity contribution in [3.05, 3.63) is 81.1 Å². The van der Waals surface area contributed by atoms with Gasteiger partial charge in [0.25, 0.3) is 0 Å². The molecule has 0 spiro atoms. The van der Waals surface area contributed by atoms with E-state index >= 15 is 0 Å². The molecule has 0 unspecified atom stereocenters. The Morgan fingerprint density at radius 2 is 1.72 bits per heavy atom. The Kier molecular flexibility index (Phi) is 4.39. The van der Waals surface area contributed by atoms with Crippen LogP contribution >= 0.6 is 12.2 Å². The van der Waals surface area contributed by atoms with Crippen molar-refractivity contribution in [3.63, 3.8) is 0 Å². The van der Waals surface area contributed by atoms with Gasteiger partial charge in [-0.3, -0.25) is 0 Å². The average molecular weight is 513 g/mol. The molecule has 0 radical (unpaired) electrons. The van der Waals surface area contributed by atoms with Crippen molar-refractivity contribution in [2.45, 2.75) is 19.3 Å². The molecule has 5 rings (SSSR count). The summed E-state index contributed by atoms with van der Waals surface area (Å²) < 4.78 is 2.61. The second kappa shape index (κ2) is 6.84. The first kappa shape index (κ1) is 18.6. The monoisotopic (exact) mass is 515 g/mol. The number of para-hydroxylation sites is 2. The molecule has 0 aliphatic carbocycles. The van der Waals surface area contributed by atoms with Gasteiger partial charge in [0, 0.05) is 0 Å². The average Bonchev–Trinajstić information content (AvgIpc) is 3.26. The number of amides is 1. The molecule has 0 saturated carbocycles. The van der Waals surface area contributed by atoms with Gasteiger partial charge in [0.2, 0.25) is 0 Å². The van der Waals surface area contributed by atoms with Crippen LogP contribution in [0.3, 0.4) is 0 Å². The Morgan fingerprint density at radius 3 is 2.45 bits per heavy atom. The second-order valence-electron chi connectivity index (χ2n) is 7.65. The molecule has 2 aliphatic rings. The zero-order valence-electron chi connectivity index (χ0n) is 16.0. The van der Waals surface area contributed by atoms with Crippen molar-refractivity contribution >= 4 is 64.8 Å². The number of rotatable bonds is 2. The van der Waals surface area contributed by atoms with Crippen LogP contribution in [0.15, 0.2) is 66.4 Å². The normalized spacial score (nSPS) is 18.3. The molecule has 0 atom stereocenters. The number of carbonyl (C=O) groups excluding carboxylic acids is 1. The zero-order valence-corrected chi connectivity index (χ0v) is 19.2. The molecule has 1 amide bonds. The van der Waals surface area contributed by atoms with Gasteiger partial charge in [-0.05, 0) is 0 Å². The predicted octanol–water partition coefficient (Wildman–Crippen LogP) is 4.20. The number of benzene rings is 2. The van der Waals surface area contributed by atoms with Gasteiger partial charge < -0.3 is 0 Å². The summed E-state index contributed by atoms with van der Waals surface area (Å²) in [7, 11) is 0. The Bertz CT molecular complexity index is 1180. The summed E-state index contributed by atoms with van der Waals surface area (Å²) in [4.78, 5) is 14.5. The fraction of sp³-hybridized carbons (Fsp3) is 0.130. The molecule has 1 fully saturated rings. The van der Waals surface area contributed by atoms with Crippen LogP contribution in [-0.2, 0) is 10.2 Å². The standard InChI is InChI=1S/C23H19N3OSTe/c1-23(2)16-10-6-7-11-19(16)26(14-8-4-3-5-9-14)21-17(23)12-15(29-21)13-18-20(27)25-22(28)24-18/h3-13H,1-2H3,(H2,24,25,27,28)/b18-13+. The summed E-state index contributed by atoms with van der Waals surface area (Å²) in [5.74, 6) is -0.157. The summed E-state index contributed by atoms with van der Waals surface area (Å²) in [5, 5.41) is 5.99. The summed E-state index contributed by atoms with van der Waals surface area (Å²) >= 11 is 4.39. The minimum absolute atomic E-state index is 0.0944. The van der Waals surface area contributed by atoms with Gasteiger partial charge in [-0.25, -0.2) is 0 Å². The van der Waals surface area contributed by atoms with Gasteiger partial charge in [-0.15, -0.1) is 0 Å². The molecule has 2 N–H and O–H groups in total. The van der Waals surface area contributed by atoms with Gasteiger partial charge >= 0.3 is 185 Å². The Morgan fingerprint density at radius 1 is 1.00 bits per heavy atom. The Labute approximate surface area is 184 Å². The number of nitrogens with one attached hydrogen (secondary N) is 2. The third-order valence-electron chi connectivity index (χ3n) is 5.45. The summed E-state index contributed by atoms with van der Waals surface area (Å²) in [5.41, 5.74) is 5.52.